The fourth-order valence-electron chi connectivity index (χ4n) is 1.72. The summed E-state index contributed by atoms with van der Waals surface area (Å²) in [4.78, 5) is 11.4. The number of cyclic esters (lactones) is 1. The van der Waals surface area contributed by atoms with Crippen molar-refractivity contribution < 1.29 is 9.53 Å². The number of ether oxygens (including phenoxy) is 1. The minimum Gasteiger partial charge on any atom is -0.462 e. The Morgan fingerprint density at radius 1 is 1.36 bits per heavy atom. The second-order valence-corrected chi connectivity index (χ2v) is 4.02. The molecule has 0 aromatic heterocycles. The van der Waals surface area contributed by atoms with Crippen molar-refractivity contribution in [1.82, 2.24) is 0 Å². The highest BCUT2D eigenvalue weighted by Gasteiger charge is 2.32. The van der Waals surface area contributed by atoms with Crippen LogP contribution in [0.15, 0.2) is 24.3 Å². The number of carbonyl (C=O) groups excluding carboxylic acids is 1. The molecule has 0 aliphatic carbocycles. The van der Waals surface area contributed by atoms with Crippen LogP contribution in [0, 0.1) is 0 Å². The van der Waals surface area contributed by atoms with Crippen LogP contribution in [0.25, 0.3) is 0 Å². The molecule has 1 heterocycles. The molecule has 1 fully saturated rings. The van der Waals surface area contributed by atoms with Gasteiger partial charge in [-0.2, -0.15) is 0 Å². The molecule has 1 aromatic carbocycles. The van der Waals surface area contributed by atoms with Crippen LogP contribution in [0.2, 0.25) is 5.02 Å². The van der Waals surface area contributed by atoms with E-state index >= 15 is 0 Å². The van der Waals surface area contributed by atoms with Crippen LogP contribution in [-0.4, -0.2) is 12.1 Å². The van der Waals surface area contributed by atoms with Gasteiger partial charge in [-0.05, 0) is 24.6 Å². The zero-order valence-corrected chi connectivity index (χ0v) is 8.62. The lowest BCUT2D eigenvalue weighted by molar-refractivity contribution is -0.141. The van der Waals surface area contributed by atoms with Crippen LogP contribution in [0.1, 0.15) is 24.8 Å². The zero-order chi connectivity index (χ0) is 10.1. The number of esters is 1. The van der Waals surface area contributed by atoms with E-state index in [2.05, 4.69) is 0 Å². The van der Waals surface area contributed by atoms with Gasteiger partial charge in [-0.15, -0.1) is 0 Å². The van der Waals surface area contributed by atoms with Gasteiger partial charge in [0.25, 0.3) is 0 Å². The zero-order valence-electron chi connectivity index (χ0n) is 7.87. The monoisotopic (exact) mass is 210 g/mol. The van der Waals surface area contributed by atoms with Gasteiger partial charge in [-0.25, -0.2) is 0 Å². The summed E-state index contributed by atoms with van der Waals surface area (Å²) in [6.45, 7) is 1.91. The predicted molar refractivity (Wildman–Crippen MR) is 54.4 cm³/mol. The fourth-order valence-corrected chi connectivity index (χ4v) is 1.85. The van der Waals surface area contributed by atoms with Crippen molar-refractivity contribution in [3.63, 3.8) is 0 Å². The van der Waals surface area contributed by atoms with Gasteiger partial charge in [0.05, 0.1) is 5.92 Å². The van der Waals surface area contributed by atoms with E-state index < -0.39 is 0 Å². The molecule has 1 aromatic rings. The third-order valence-corrected chi connectivity index (χ3v) is 2.69. The number of rotatable bonds is 1. The topological polar surface area (TPSA) is 26.3 Å². The van der Waals surface area contributed by atoms with Crippen LogP contribution < -0.4 is 0 Å². The molecule has 1 saturated heterocycles. The first kappa shape index (κ1) is 9.53. The average Bonchev–Trinajstić information content (AvgIpc) is 2.47. The van der Waals surface area contributed by atoms with Crippen molar-refractivity contribution in [2.45, 2.75) is 25.4 Å². The molecule has 2 unspecified atom stereocenters. The predicted octanol–water partition coefficient (Wildman–Crippen LogP) is 2.76. The minimum atomic E-state index is -0.125. The Balaban J connectivity index is 2.23. The first-order valence-corrected chi connectivity index (χ1v) is 5.00. The molecule has 0 amide bonds. The van der Waals surface area contributed by atoms with Crippen molar-refractivity contribution in [1.29, 1.82) is 0 Å². The number of halogens is 1. The molecule has 0 spiro atoms. The number of carbonyl (C=O) groups is 1. The molecular weight excluding hydrogens is 200 g/mol. The molecule has 74 valence electrons. The molecule has 2 atom stereocenters. The lowest BCUT2D eigenvalue weighted by Crippen LogP contribution is -2.05. The molecule has 0 radical (unpaired) electrons. The first-order chi connectivity index (χ1) is 6.66. The highest BCUT2D eigenvalue weighted by molar-refractivity contribution is 6.30. The summed E-state index contributed by atoms with van der Waals surface area (Å²) in [5, 5.41) is 0.688. The summed E-state index contributed by atoms with van der Waals surface area (Å²) in [5.74, 6) is -0.234. The van der Waals surface area contributed by atoms with E-state index in [0.29, 0.717) is 5.02 Å². The van der Waals surface area contributed by atoms with E-state index in [1.165, 1.54) is 0 Å². The van der Waals surface area contributed by atoms with Gasteiger partial charge >= 0.3 is 5.97 Å². The van der Waals surface area contributed by atoms with Gasteiger partial charge in [0.1, 0.15) is 6.10 Å². The Hall–Kier alpha value is -1.02. The maximum Gasteiger partial charge on any atom is 0.313 e. The van der Waals surface area contributed by atoms with E-state index in [-0.39, 0.29) is 18.0 Å². The van der Waals surface area contributed by atoms with Gasteiger partial charge in [0.15, 0.2) is 0 Å². The normalized spacial score (nSPS) is 26.3. The molecule has 2 nitrogen and oxygen atoms in total. The van der Waals surface area contributed by atoms with E-state index in [4.69, 9.17) is 16.3 Å². The third-order valence-electron chi connectivity index (χ3n) is 2.44. The number of hydrogen-bond acceptors (Lipinski definition) is 2. The molecule has 3 heteroatoms. The Kier molecular flexibility index (Phi) is 2.46. The molecule has 2 rings (SSSR count). The summed E-state index contributed by atoms with van der Waals surface area (Å²) in [5.41, 5.74) is 0.990. The summed E-state index contributed by atoms with van der Waals surface area (Å²) < 4.78 is 5.09. The van der Waals surface area contributed by atoms with E-state index in [1.807, 2.05) is 19.1 Å². The SMILES string of the molecule is CC1CC(c2ccc(Cl)cc2)C(=O)O1. The quantitative estimate of drug-likeness (QED) is 0.667. The molecule has 0 bridgehead atoms. The van der Waals surface area contributed by atoms with Crippen molar-refractivity contribution in [2.75, 3.05) is 0 Å². The average molecular weight is 211 g/mol. The molecule has 0 saturated carbocycles. The Bertz CT molecular complexity index is 345. The van der Waals surface area contributed by atoms with E-state index in [9.17, 15) is 4.79 Å². The highest BCUT2D eigenvalue weighted by Crippen LogP contribution is 2.30. The summed E-state index contributed by atoms with van der Waals surface area (Å²) in [6, 6.07) is 7.36. The lowest BCUT2D eigenvalue weighted by Gasteiger charge is -2.04. The summed E-state index contributed by atoms with van der Waals surface area (Å²) >= 11 is 5.77. The number of hydrogen-bond donors (Lipinski definition) is 0. The molecule has 1 aliphatic rings. The maximum atomic E-state index is 11.4. The molecule has 1 aliphatic heterocycles. The van der Waals surface area contributed by atoms with Crippen LogP contribution >= 0.6 is 11.6 Å². The van der Waals surface area contributed by atoms with E-state index in [0.717, 1.165) is 12.0 Å². The smallest absolute Gasteiger partial charge is 0.313 e. The van der Waals surface area contributed by atoms with Crippen LogP contribution in [0.4, 0.5) is 0 Å². The van der Waals surface area contributed by atoms with Crippen LogP contribution in [-0.2, 0) is 9.53 Å². The Morgan fingerprint density at radius 3 is 2.50 bits per heavy atom. The first-order valence-electron chi connectivity index (χ1n) is 4.63. The Labute approximate surface area is 87.8 Å². The molecule has 14 heavy (non-hydrogen) atoms. The van der Waals surface area contributed by atoms with Crippen LogP contribution in [0.3, 0.4) is 0 Å². The van der Waals surface area contributed by atoms with Gasteiger partial charge in [-0.3, -0.25) is 4.79 Å². The summed E-state index contributed by atoms with van der Waals surface area (Å²) in [6.07, 6.45) is 0.795. The second-order valence-electron chi connectivity index (χ2n) is 3.59. The largest absolute Gasteiger partial charge is 0.462 e. The standard InChI is InChI=1S/C11H11ClO2/c1-7-6-10(11(13)14-7)8-2-4-9(12)5-3-8/h2-5,7,10H,6H2,1H3. The number of benzene rings is 1. The Morgan fingerprint density at radius 2 is 2.00 bits per heavy atom. The highest BCUT2D eigenvalue weighted by atomic mass is 35.5. The summed E-state index contributed by atoms with van der Waals surface area (Å²) in [7, 11) is 0. The van der Waals surface area contributed by atoms with Gasteiger partial charge in [0, 0.05) is 11.4 Å². The van der Waals surface area contributed by atoms with Crippen LogP contribution in [0.5, 0.6) is 0 Å². The van der Waals surface area contributed by atoms with E-state index in [1.54, 1.807) is 12.1 Å². The van der Waals surface area contributed by atoms with Gasteiger partial charge in [-0.1, -0.05) is 23.7 Å². The van der Waals surface area contributed by atoms with Crippen molar-refractivity contribution in [2.24, 2.45) is 0 Å². The van der Waals surface area contributed by atoms with Crippen molar-refractivity contribution in [3.05, 3.63) is 34.9 Å². The van der Waals surface area contributed by atoms with Gasteiger partial charge < -0.3 is 4.74 Å². The fraction of sp³-hybridized carbons (Fsp3) is 0.364. The second kappa shape index (κ2) is 3.62. The molecule has 0 N–H and O–H groups in total. The van der Waals surface area contributed by atoms with Gasteiger partial charge in [0.2, 0.25) is 0 Å². The molecular formula is C11H11ClO2. The minimum absolute atomic E-state index is 0.0307. The maximum absolute atomic E-state index is 11.4. The van der Waals surface area contributed by atoms with Crippen molar-refractivity contribution >= 4 is 17.6 Å². The lowest BCUT2D eigenvalue weighted by atomic mass is 9.96. The van der Waals surface area contributed by atoms with Crippen molar-refractivity contribution in [3.8, 4) is 0 Å². The third kappa shape index (κ3) is 1.75.